The first kappa shape index (κ1) is 14.8. The van der Waals surface area contributed by atoms with Crippen molar-refractivity contribution in [2.24, 2.45) is 0 Å². The monoisotopic (exact) mass is 289 g/mol. The number of nitrogen functional groups attached to an aromatic ring is 1. The average molecular weight is 289 g/mol. The second kappa shape index (κ2) is 5.82. The molecule has 0 radical (unpaired) electrons. The number of anilines is 1. The molecule has 0 unspecified atom stereocenters. The Morgan fingerprint density at radius 2 is 2.05 bits per heavy atom. The molecule has 0 saturated carbocycles. The number of nitrogens with one attached hydrogen (secondary N) is 1. The van der Waals surface area contributed by atoms with E-state index < -0.39 is 0 Å². The number of hydrogen-bond acceptors (Lipinski definition) is 4. The molecule has 7 heteroatoms. The molecule has 0 fully saturated rings. The molecule has 112 valence electrons. The minimum atomic E-state index is -0.287. The molecule has 0 aliphatic carbocycles. The molecule has 2 amide bonds. The van der Waals surface area contributed by atoms with Crippen LogP contribution in [0.2, 0.25) is 0 Å². The Morgan fingerprint density at radius 1 is 1.33 bits per heavy atom. The number of aromatic nitrogens is 2. The summed E-state index contributed by atoms with van der Waals surface area (Å²) in [7, 11) is 3.32. The minimum Gasteiger partial charge on any atom is -0.399 e. The van der Waals surface area contributed by atoms with Crippen LogP contribution in [0, 0.1) is 0 Å². The lowest BCUT2D eigenvalue weighted by molar-refractivity contribution is -0.129. The maximum absolute atomic E-state index is 12.6. The Kier molecular flexibility index (Phi) is 4.11. The van der Waals surface area contributed by atoms with Crippen LogP contribution in [-0.2, 0) is 4.79 Å². The molecule has 21 heavy (non-hydrogen) atoms. The first-order valence-electron chi connectivity index (χ1n) is 6.67. The van der Waals surface area contributed by atoms with E-state index in [1.165, 1.54) is 9.80 Å². The van der Waals surface area contributed by atoms with Crippen molar-refractivity contribution in [3.8, 4) is 0 Å². The Labute approximate surface area is 122 Å². The molecule has 0 aliphatic rings. The lowest BCUT2D eigenvalue weighted by atomic mass is 10.1. The lowest BCUT2D eigenvalue weighted by Crippen LogP contribution is -2.40. The molecule has 7 nitrogen and oxygen atoms in total. The number of hydrogen-bond donors (Lipinski definition) is 2. The molecular formula is C14H19N5O2. The van der Waals surface area contributed by atoms with Crippen LogP contribution in [0.4, 0.5) is 5.69 Å². The van der Waals surface area contributed by atoms with E-state index in [2.05, 4.69) is 10.2 Å². The van der Waals surface area contributed by atoms with Crippen LogP contribution in [0.1, 0.15) is 17.4 Å². The number of nitrogens with zero attached hydrogens (tertiary/aromatic N) is 3. The number of amides is 2. The predicted molar refractivity (Wildman–Crippen MR) is 80.8 cm³/mol. The van der Waals surface area contributed by atoms with E-state index in [0.29, 0.717) is 17.6 Å². The second-order valence-electron chi connectivity index (χ2n) is 4.98. The van der Waals surface area contributed by atoms with E-state index in [4.69, 9.17) is 5.73 Å². The van der Waals surface area contributed by atoms with Crippen LogP contribution in [0.25, 0.3) is 10.9 Å². The summed E-state index contributed by atoms with van der Waals surface area (Å²) >= 11 is 0. The van der Waals surface area contributed by atoms with Crippen molar-refractivity contribution >= 4 is 28.4 Å². The first-order valence-corrected chi connectivity index (χ1v) is 6.67. The number of carbonyl (C=O) groups excluding carboxylic acids is 2. The molecule has 1 aromatic heterocycles. The van der Waals surface area contributed by atoms with Gasteiger partial charge in [0.2, 0.25) is 5.91 Å². The van der Waals surface area contributed by atoms with Crippen LogP contribution < -0.4 is 5.73 Å². The van der Waals surface area contributed by atoms with Gasteiger partial charge in [-0.15, -0.1) is 0 Å². The number of rotatable bonds is 4. The average Bonchev–Trinajstić information content (AvgIpc) is 2.86. The van der Waals surface area contributed by atoms with Crippen molar-refractivity contribution in [3.63, 3.8) is 0 Å². The number of fused-ring (bicyclic) bond motifs is 1. The Bertz CT molecular complexity index is 677. The number of H-pyrrole nitrogens is 1. The highest BCUT2D eigenvalue weighted by Gasteiger charge is 2.22. The normalized spacial score (nSPS) is 10.6. The van der Waals surface area contributed by atoms with E-state index >= 15 is 0 Å². The molecular weight excluding hydrogens is 270 g/mol. The summed E-state index contributed by atoms with van der Waals surface area (Å²) in [5.74, 6) is -0.422. The van der Waals surface area contributed by atoms with E-state index in [-0.39, 0.29) is 24.1 Å². The Hall–Kier alpha value is -2.57. The Morgan fingerprint density at radius 3 is 2.67 bits per heavy atom. The lowest BCUT2D eigenvalue weighted by Gasteiger charge is -2.21. The van der Waals surface area contributed by atoms with Crippen molar-refractivity contribution in [2.45, 2.75) is 6.92 Å². The molecule has 0 bridgehead atoms. The number of nitrogens with two attached hydrogens (primary N) is 1. The fourth-order valence-electron chi connectivity index (χ4n) is 1.98. The van der Waals surface area contributed by atoms with E-state index in [0.717, 1.165) is 5.52 Å². The summed E-state index contributed by atoms with van der Waals surface area (Å²) in [6.07, 6.45) is 0. The highest BCUT2D eigenvalue weighted by atomic mass is 16.2. The van der Waals surface area contributed by atoms with E-state index in [9.17, 15) is 9.59 Å². The van der Waals surface area contributed by atoms with Gasteiger partial charge in [-0.25, -0.2) is 0 Å². The van der Waals surface area contributed by atoms with Crippen LogP contribution in [0.3, 0.4) is 0 Å². The third-order valence-electron chi connectivity index (χ3n) is 3.28. The largest absolute Gasteiger partial charge is 0.399 e. The maximum Gasteiger partial charge on any atom is 0.275 e. The standard InChI is InChI=1S/C14H19N5O2/c1-4-19(8-12(20)18(2)3)14(21)13-10-7-9(15)5-6-11(10)16-17-13/h5-7H,4,8,15H2,1-3H3,(H,16,17). The number of carbonyl (C=O) groups is 2. The summed E-state index contributed by atoms with van der Waals surface area (Å²) in [4.78, 5) is 27.3. The zero-order chi connectivity index (χ0) is 15.6. The predicted octanol–water partition coefficient (Wildman–Crippen LogP) is 0.695. The van der Waals surface area contributed by atoms with Gasteiger partial charge in [-0.2, -0.15) is 5.10 Å². The molecule has 2 aromatic rings. The van der Waals surface area contributed by atoms with Crippen molar-refractivity contribution in [3.05, 3.63) is 23.9 Å². The fourth-order valence-corrected chi connectivity index (χ4v) is 1.98. The van der Waals surface area contributed by atoms with Crippen LogP contribution in [-0.4, -0.2) is 59.0 Å². The smallest absolute Gasteiger partial charge is 0.275 e. The third kappa shape index (κ3) is 2.96. The summed E-state index contributed by atoms with van der Waals surface area (Å²) < 4.78 is 0. The van der Waals surface area contributed by atoms with Crippen molar-refractivity contribution in [1.82, 2.24) is 20.0 Å². The molecule has 0 saturated heterocycles. The SMILES string of the molecule is CCN(CC(=O)N(C)C)C(=O)c1n[nH]c2ccc(N)cc12. The quantitative estimate of drug-likeness (QED) is 0.810. The number of likely N-dealkylation sites (N-methyl/N-ethyl adjacent to an activating group) is 2. The molecule has 1 heterocycles. The third-order valence-corrected chi connectivity index (χ3v) is 3.28. The van der Waals surface area contributed by atoms with E-state index in [1.54, 1.807) is 32.3 Å². The zero-order valence-corrected chi connectivity index (χ0v) is 12.4. The van der Waals surface area contributed by atoms with Gasteiger partial charge in [0.1, 0.15) is 6.54 Å². The van der Waals surface area contributed by atoms with Crippen LogP contribution in [0.15, 0.2) is 18.2 Å². The molecule has 3 N–H and O–H groups in total. The highest BCUT2D eigenvalue weighted by molar-refractivity contribution is 6.06. The van der Waals surface area contributed by atoms with Crippen LogP contribution in [0.5, 0.6) is 0 Å². The van der Waals surface area contributed by atoms with Gasteiger partial charge in [0.05, 0.1) is 5.52 Å². The summed E-state index contributed by atoms with van der Waals surface area (Å²) in [5.41, 5.74) is 7.34. The first-order chi connectivity index (χ1) is 9.93. The van der Waals surface area contributed by atoms with Gasteiger partial charge >= 0.3 is 0 Å². The van der Waals surface area contributed by atoms with Gasteiger partial charge in [0.25, 0.3) is 5.91 Å². The van der Waals surface area contributed by atoms with Gasteiger partial charge in [-0.05, 0) is 25.1 Å². The molecule has 2 rings (SSSR count). The van der Waals surface area contributed by atoms with Crippen molar-refractivity contribution in [1.29, 1.82) is 0 Å². The number of aromatic amines is 1. The highest BCUT2D eigenvalue weighted by Crippen LogP contribution is 2.20. The van der Waals surface area contributed by atoms with Gasteiger partial charge in [0.15, 0.2) is 5.69 Å². The minimum absolute atomic E-state index is 0.0268. The summed E-state index contributed by atoms with van der Waals surface area (Å²) in [6.45, 7) is 2.28. The molecule has 1 aromatic carbocycles. The molecule has 0 spiro atoms. The summed E-state index contributed by atoms with van der Waals surface area (Å²) in [5, 5.41) is 7.53. The summed E-state index contributed by atoms with van der Waals surface area (Å²) in [6, 6.07) is 5.21. The van der Waals surface area contributed by atoms with E-state index in [1.807, 2.05) is 6.92 Å². The van der Waals surface area contributed by atoms with Crippen molar-refractivity contribution in [2.75, 3.05) is 32.9 Å². The second-order valence-corrected chi connectivity index (χ2v) is 4.98. The fraction of sp³-hybridized carbons (Fsp3) is 0.357. The topological polar surface area (TPSA) is 95.3 Å². The van der Waals surface area contributed by atoms with Gasteiger partial charge in [-0.1, -0.05) is 0 Å². The van der Waals surface area contributed by atoms with Crippen LogP contribution >= 0.6 is 0 Å². The van der Waals surface area contributed by atoms with Gasteiger partial charge < -0.3 is 15.5 Å². The Balaban J connectivity index is 2.31. The maximum atomic E-state index is 12.6. The molecule has 0 aliphatic heterocycles. The molecule has 0 atom stereocenters. The van der Waals surface area contributed by atoms with Crippen molar-refractivity contribution < 1.29 is 9.59 Å². The van der Waals surface area contributed by atoms with Gasteiger partial charge in [-0.3, -0.25) is 14.7 Å². The zero-order valence-electron chi connectivity index (χ0n) is 12.4. The van der Waals surface area contributed by atoms with Gasteiger partial charge in [0, 0.05) is 31.7 Å². The number of benzene rings is 1.